The van der Waals surface area contributed by atoms with Crippen molar-refractivity contribution in [2.45, 2.75) is 18.9 Å². The first-order valence-electron chi connectivity index (χ1n) is 7.84. The predicted molar refractivity (Wildman–Crippen MR) is 106 cm³/mol. The van der Waals surface area contributed by atoms with Crippen molar-refractivity contribution in [1.82, 2.24) is 9.97 Å². The third kappa shape index (κ3) is 3.23. The number of nitrogens with one attached hydrogen (secondary N) is 1. The molecule has 1 aliphatic rings. The molecule has 5 nitrogen and oxygen atoms in total. The third-order valence-corrected chi connectivity index (χ3v) is 5.88. The van der Waals surface area contributed by atoms with Crippen LogP contribution in [0.25, 0.3) is 10.2 Å². The van der Waals surface area contributed by atoms with Crippen molar-refractivity contribution in [2.24, 2.45) is 0 Å². The highest BCUT2D eigenvalue weighted by Crippen LogP contribution is 2.33. The van der Waals surface area contributed by atoms with E-state index in [1.54, 1.807) is 29.8 Å². The number of thiophene rings is 1. The lowest BCUT2D eigenvalue weighted by atomic mass is 10.2. The van der Waals surface area contributed by atoms with Crippen molar-refractivity contribution in [3.8, 4) is 0 Å². The first kappa shape index (κ1) is 16.8. The molecule has 1 N–H and O–H groups in total. The lowest BCUT2D eigenvalue weighted by Gasteiger charge is -2.25. The fraction of sp³-hybridized carbons (Fsp3) is 0.235. The van der Waals surface area contributed by atoms with E-state index >= 15 is 0 Å². The molecule has 1 unspecified atom stereocenters. The van der Waals surface area contributed by atoms with Crippen molar-refractivity contribution in [3.05, 3.63) is 45.5 Å². The van der Waals surface area contributed by atoms with Crippen LogP contribution in [0.2, 0.25) is 5.02 Å². The average Bonchev–Trinajstić information content (AvgIpc) is 3.25. The number of benzene rings is 1. The molecule has 1 saturated heterocycles. The van der Waals surface area contributed by atoms with Gasteiger partial charge in [-0.15, -0.1) is 11.3 Å². The number of nitrogens with zero attached hydrogens (tertiary/aromatic N) is 3. The van der Waals surface area contributed by atoms with Gasteiger partial charge in [0.05, 0.1) is 16.1 Å². The zero-order chi connectivity index (χ0) is 17.4. The smallest absolute Gasteiger partial charge is 0.247 e. The summed E-state index contributed by atoms with van der Waals surface area (Å²) in [5.41, 5.74) is 0.616. The molecule has 128 valence electrons. The molecule has 3 aromatic rings. The summed E-state index contributed by atoms with van der Waals surface area (Å²) in [5, 5.41) is 6.45. The van der Waals surface area contributed by atoms with Crippen molar-refractivity contribution in [1.29, 1.82) is 0 Å². The van der Waals surface area contributed by atoms with Crippen LogP contribution in [-0.2, 0) is 4.79 Å². The summed E-state index contributed by atoms with van der Waals surface area (Å²) in [6.07, 6.45) is 3.30. The maximum absolute atomic E-state index is 12.8. The number of halogens is 2. The SMILES string of the molecule is O=C(Nc1ccc(Br)cc1Cl)C1CCCN1c1ncnc2sccc12. The Hall–Kier alpha value is -1.70. The molecule has 1 aliphatic heterocycles. The second-order valence-electron chi connectivity index (χ2n) is 5.80. The summed E-state index contributed by atoms with van der Waals surface area (Å²) in [7, 11) is 0. The normalized spacial score (nSPS) is 17.2. The minimum Gasteiger partial charge on any atom is -0.344 e. The Morgan fingerprint density at radius 2 is 2.24 bits per heavy atom. The minimum atomic E-state index is -0.266. The monoisotopic (exact) mass is 436 g/mol. The number of anilines is 2. The zero-order valence-electron chi connectivity index (χ0n) is 13.1. The van der Waals surface area contributed by atoms with Crippen LogP contribution in [0.3, 0.4) is 0 Å². The highest BCUT2D eigenvalue weighted by molar-refractivity contribution is 9.10. The van der Waals surface area contributed by atoms with Gasteiger partial charge in [0.1, 0.15) is 23.0 Å². The van der Waals surface area contributed by atoms with Gasteiger partial charge < -0.3 is 10.2 Å². The van der Waals surface area contributed by atoms with Gasteiger partial charge in [-0.1, -0.05) is 27.5 Å². The Morgan fingerprint density at radius 1 is 1.36 bits per heavy atom. The Balaban J connectivity index is 1.61. The molecule has 1 aromatic carbocycles. The lowest BCUT2D eigenvalue weighted by Crippen LogP contribution is -2.40. The number of hydrogen-bond donors (Lipinski definition) is 1. The molecule has 8 heteroatoms. The molecular weight excluding hydrogens is 424 g/mol. The molecule has 4 rings (SSSR count). The molecule has 1 amide bonds. The van der Waals surface area contributed by atoms with E-state index in [1.807, 2.05) is 17.5 Å². The van der Waals surface area contributed by atoms with E-state index in [9.17, 15) is 4.79 Å². The number of aromatic nitrogens is 2. The predicted octanol–water partition coefficient (Wildman–Crippen LogP) is 4.71. The quantitative estimate of drug-likeness (QED) is 0.644. The first-order chi connectivity index (χ1) is 12.1. The number of carbonyl (C=O) groups excluding carboxylic acids is 1. The van der Waals surface area contributed by atoms with Crippen LogP contribution < -0.4 is 10.2 Å². The Kier molecular flexibility index (Phi) is 4.62. The molecule has 0 spiro atoms. The lowest BCUT2D eigenvalue weighted by molar-refractivity contribution is -0.117. The van der Waals surface area contributed by atoms with E-state index in [-0.39, 0.29) is 11.9 Å². The molecule has 2 aromatic heterocycles. The van der Waals surface area contributed by atoms with E-state index in [2.05, 4.69) is 36.1 Å². The summed E-state index contributed by atoms with van der Waals surface area (Å²) < 4.78 is 0.874. The largest absolute Gasteiger partial charge is 0.344 e. The van der Waals surface area contributed by atoms with Gasteiger partial charge >= 0.3 is 0 Å². The van der Waals surface area contributed by atoms with Gasteiger partial charge in [0, 0.05) is 11.0 Å². The van der Waals surface area contributed by atoms with Gasteiger partial charge in [-0.2, -0.15) is 0 Å². The molecule has 1 fully saturated rings. The van der Waals surface area contributed by atoms with Gasteiger partial charge in [0.25, 0.3) is 0 Å². The molecule has 0 saturated carbocycles. The van der Waals surface area contributed by atoms with Gasteiger partial charge in [0.15, 0.2) is 0 Å². The number of amides is 1. The van der Waals surface area contributed by atoms with E-state index in [0.29, 0.717) is 10.7 Å². The van der Waals surface area contributed by atoms with E-state index < -0.39 is 0 Å². The van der Waals surface area contributed by atoms with E-state index in [4.69, 9.17) is 11.6 Å². The first-order valence-corrected chi connectivity index (χ1v) is 9.89. The third-order valence-electron chi connectivity index (χ3n) is 4.26. The van der Waals surface area contributed by atoms with E-state index in [1.165, 1.54) is 0 Å². The fourth-order valence-corrected chi connectivity index (χ4v) is 4.55. The fourth-order valence-electron chi connectivity index (χ4n) is 3.11. The van der Waals surface area contributed by atoms with Crippen molar-refractivity contribution < 1.29 is 4.79 Å². The van der Waals surface area contributed by atoms with Crippen LogP contribution in [0.15, 0.2) is 40.4 Å². The maximum Gasteiger partial charge on any atom is 0.247 e. The molecule has 0 bridgehead atoms. The summed E-state index contributed by atoms with van der Waals surface area (Å²) in [5.74, 6) is 0.759. The molecule has 1 atom stereocenters. The van der Waals surface area contributed by atoms with Crippen LogP contribution in [0, 0.1) is 0 Å². The minimum absolute atomic E-state index is 0.0660. The standard InChI is InChI=1S/C17H14BrClN4OS/c18-10-3-4-13(12(19)8-10)22-16(24)14-2-1-6-23(14)15-11-5-7-25-17(11)21-9-20-15/h3-5,7-9,14H,1-2,6H2,(H,22,24). The Bertz CT molecular complexity index is 947. The van der Waals surface area contributed by atoms with Crippen LogP contribution in [0.1, 0.15) is 12.8 Å². The van der Waals surface area contributed by atoms with Crippen LogP contribution in [0.5, 0.6) is 0 Å². The van der Waals surface area contributed by atoms with Crippen molar-refractivity contribution in [2.75, 3.05) is 16.8 Å². The molecular formula is C17H14BrClN4OS. The van der Waals surface area contributed by atoms with Crippen molar-refractivity contribution >= 4 is 66.5 Å². The average molecular weight is 438 g/mol. The van der Waals surface area contributed by atoms with Gasteiger partial charge in [-0.25, -0.2) is 9.97 Å². The van der Waals surface area contributed by atoms with Crippen LogP contribution >= 0.6 is 38.9 Å². The number of carbonyl (C=O) groups is 1. The van der Waals surface area contributed by atoms with Gasteiger partial charge in [0.2, 0.25) is 5.91 Å². The summed E-state index contributed by atoms with van der Waals surface area (Å²) in [6, 6.07) is 7.16. The number of fused-ring (bicyclic) bond motifs is 1. The molecule has 0 aliphatic carbocycles. The van der Waals surface area contributed by atoms with Gasteiger partial charge in [-0.05, 0) is 42.5 Å². The molecule has 3 heterocycles. The highest BCUT2D eigenvalue weighted by atomic mass is 79.9. The summed E-state index contributed by atoms with van der Waals surface area (Å²) >= 11 is 11.2. The van der Waals surface area contributed by atoms with Crippen LogP contribution in [0.4, 0.5) is 11.5 Å². The maximum atomic E-state index is 12.8. The molecule has 0 radical (unpaired) electrons. The van der Waals surface area contributed by atoms with Crippen LogP contribution in [-0.4, -0.2) is 28.5 Å². The topological polar surface area (TPSA) is 58.1 Å². The summed E-state index contributed by atoms with van der Waals surface area (Å²) in [4.78, 5) is 24.6. The van der Waals surface area contributed by atoms with Gasteiger partial charge in [-0.3, -0.25) is 4.79 Å². The second-order valence-corrected chi connectivity index (χ2v) is 8.02. The summed E-state index contributed by atoms with van der Waals surface area (Å²) in [6.45, 7) is 0.800. The van der Waals surface area contributed by atoms with E-state index in [0.717, 1.165) is 39.9 Å². The second kappa shape index (κ2) is 6.90. The Morgan fingerprint density at radius 3 is 3.08 bits per heavy atom. The zero-order valence-corrected chi connectivity index (χ0v) is 16.2. The molecule has 25 heavy (non-hydrogen) atoms. The number of hydrogen-bond acceptors (Lipinski definition) is 5. The number of rotatable bonds is 3. The highest BCUT2D eigenvalue weighted by Gasteiger charge is 2.33. The van der Waals surface area contributed by atoms with Crippen molar-refractivity contribution in [3.63, 3.8) is 0 Å². The Labute approximate surface area is 162 Å².